The van der Waals surface area contributed by atoms with E-state index < -0.39 is 0 Å². The van der Waals surface area contributed by atoms with Crippen LogP contribution in [0.4, 0.5) is 0 Å². The van der Waals surface area contributed by atoms with Gasteiger partial charge < -0.3 is 0 Å². The summed E-state index contributed by atoms with van der Waals surface area (Å²) in [6.45, 7) is 2.08. The zero-order valence-electron chi connectivity index (χ0n) is 9.00. The van der Waals surface area contributed by atoms with Gasteiger partial charge in [0, 0.05) is 16.5 Å². The van der Waals surface area contributed by atoms with E-state index in [2.05, 4.69) is 31.2 Å². The lowest BCUT2D eigenvalue weighted by atomic mass is 10.0. The molecule has 0 aliphatic carbocycles. The van der Waals surface area contributed by atoms with Gasteiger partial charge in [-0.25, -0.2) is 0 Å². The van der Waals surface area contributed by atoms with Crippen LogP contribution in [0.25, 0.3) is 0 Å². The number of hydrogen-bond acceptors (Lipinski definition) is 0. The molecule has 0 N–H and O–H groups in total. The minimum atomic E-state index is 0.730. The van der Waals surface area contributed by atoms with E-state index in [0.717, 1.165) is 22.0 Å². The summed E-state index contributed by atoms with van der Waals surface area (Å²) in [5.41, 5.74) is 3.48. The molecule has 0 amide bonds. The van der Waals surface area contributed by atoms with E-state index in [1.54, 1.807) is 0 Å². The van der Waals surface area contributed by atoms with Crippen molar-refractivity contribution in [2.24, 2.45) is 0 Å². The number of halogens is 2. The Balaban J connectivity index is 2.30. The van der Waals surface area contributed by atoms with Crippen molar-refractivity contribution in [3.05, 3.63) is 69.2 Å². The van der Waals surface area contributed by atoms with Crippen molar-refractivity contribution in [1.29, 1.82) is 0 Å². The van der Waals surface area contributed by atoms with Crippen LogP contribution < -0.4 is 0 Å². The molecule has 0 fully saturated rings. The Bertz CT molecular complexity index is 466. The second-order valence-electron chi connectivity index (χ2n) is 3.86. The molecule has 0 spiro atoms. The predicted octanol–water partition coefficient (Wildman–Crippen LogP) is 4.89. The minimum absolute atomic E-state index is 0.730. The molecule has 0 aliphatic heterocycles. The van der Waals surface area contributed by atoms with Gasteiger partial charge in [-0.15, -0.1) is 0 Å². The Hall–Kier alpha value is -0.980. The Morgan fingerprint density at radius 3 is 2.00 bits per heavy atom. The molecule has 0 aromatic heterocycles. The topological polar surface area (TPSA) is 0 Å². The summed E-state index contributed by atoms with van der Waals surface area (Å²) in [5, 5.41) is 1.46. The lowest BCUT2D eigenvalue weighted by molar-refractivity contribution is 1.19. The van der Waals surface area contributed by atoms with Gasteiger partial charge in [-0.3, -0.25) is 0 Å². The van der Waals surface area contributed by atoms with Crippen molar-refractivity contribution < 1.29 is 0 Å². The molecule has 0 saturated carbocycles. The van der Waals surface area contributed by atoms with Crippen molar-refractivity contribution in [1.82, 2.24) is 0 Å². The lowest BCUT2D eigenvalue weighted by Gasteiger charge is -2.07. The van der Waals surface area contributed by atoms with Gasteiger partial charge in [-0.05, 0) is 30.2 Å². The summed E-state index contributed by atoms with van der Waals surface area (Å²) in [6, 6.07) is 14.0. The molecule has 0 unspecified atom stereocenters. The maximum absolute atomic E-state index is 6.13. The van der Waals surface area contributed by atoms with Gasteiger partial charge in [-0.2, -0.15) is 0 Å². The van der Waals surface area contributed by atoms with Gasteiger partial charge in [0.1, 0.15) is 0 Å². The van der Waals surface area contributed by atoms with Crippen LogP contribution in [0, 0.1) is 6.92 Å². The number of rotatable bonds is 2. The molecule has 2 aromatic carbocycles. The average Bonchev–Trinajstić information content (AvgIpc) is 2.26. The predicted molar refractivity (Wildman–Crippen MR) is 70.4 cm³/mol. The molecule has 2 rings (SSSR count). The van der Waals surface area contributed by atoms with Crippen LogP contribution in [0.1, 0.15) is 16.7 Å². The molecular formula is C14H12Cl2. The molecule has 16 heavy (non-hydrogen) atoms. The summed E-state index contributed by atoms with van der Waals surface area (Å²) in [5.74, 6) is 0. The Labute approximate surface area is 106 Å². The number of benzene rings is 2. The van der Waals surface area contributed by atoms with Gasteiger partial charge in [0.15, 0.2) is 0 Å². The SMILES string of the molecule is Cc1ccc(Cc2c(Cl)cccc2Cl)cc1. The van der Waals surface area contributed by atoms with E-state index in [4.69, 9.17) is 23.2 Å². The average molecular weight is 251 g/mol. The zero-order valence-corrected chi connectivity index (χ0v) is 10.5. The zero-order chi connectivity index (χ0) is 11.5. The first-order valence-electron chi connectivity index (χ1n) is 5.15. The lowest BCUT2D eigenvalue weighted by Crippen LogP contribution is -1.90. The normalized spacial score (nSPS) is 10.4. The van der Waals surface area contributed by atoms with E-state index in [1.165, 1.54) is 11.1 Å². The van der Waals surface area contributed by atoms with Crippen molar-refractivity contribution >= 4 is 23.2 Å². The van der Waals surface area contributed by atoms with E-state index >= 15 is 0 Å². The Morgan fingerprint density at radius 2 is 1.44 bits per heavy atom. The molecule has 82 valence electrons. The monoisotopic (exact) mass is 250 g/mol. The molecule has 0 heterocycles. The third-order valence-corrected chi connectivity index (χ3v) is 3.27. The van der Waals surface area contributed by atoms with Crippen molar-refractivity contribution in [2.75, 3.05) is 0 Å². The molecule has 0 bridgehead atoms. The quantitative estimate of drug-likeness (QED) is 0.712. The highest BCUT2D eigenvalue weighted by Crippen LogP contribution is 2.26. The fourth-order valence-corrected chi connectivity index (χ4v) is 2.14. The number of aryl methyl sites for hydroxylation is 1. The summed E-state index contributed by atoms with van der Waals surface area (Å²) < 4.78 is 0. The van der Waals surface area contributed by atoms with Crippen LogP contribution in [0.15, 0.2) is 42.5 Å². The second kappa shape index (κ2) is 4.90. The molecular weight excluding hydrogens is 239 g/mol. The van der Waals surface area contributed by atoms with Crippen LogP contribution in [0.2, 0.25) is 10.0 Å². The smallest absolute Gasteiger partial charge is 0.0456 e. The van der Waals surface area contributed by atoms with Crippen LogP contribution in [0.3, 0.4) is 0 Å². The van der Waals surface area contributed by atoms with Gasteiger partial charge in [0.25, 0.3) is 0 Å². The first-order chi connectivity index (χ1) is 7.66. The molecule has 0 radical (unpaired) electrons. The number of hydrogen-bond donors (Lipinski definition) is 0. The van der Waals surface area contributed by atoms with Crippen LogP contribution in [-0.2, 0) is 6.42 Å². The maximum Gasteiger partial charge on any atom is 0.0456 e. The van der Waals surface area contributed by atoms with Crippen molar-refractivity contribution in [3.63, 3.8) is 0 Å². The summed E-state index contributed by atoms with van der Waals surface area (Å²) >= 11 is 12.3. The first-order valence-corrected chi connectivity index (χ1v) is 5.91. The molecule has 0 aliphatic rings. The maximum atomic E-state index is 6.13. The van der Waals surface area contributed by atoms with Crippen molar-refractivity contribution in [2.45, 2.75) is 13.3 Å². The fraction of sp³-hybridized carbons (Fsp3) is 0.143. The van der Waals surface area contributed by atoms with Crippen LogP contribution in [-0.4, -0.2) is 0 Å². The highest BCUT2D eigenvalue weighted by atomic mass is 35.5. The largest absolute Gasteiger partial charge is 0.0840 e. The molecule has 0 nitrogen and oxygen atoms in total. The minimum Gasteiger partial charge on any atom is -0.0840 e. The summed E-state index contributed by atoms with van der Waals surface area (Å²) in [4.78, 5) is 0. The molecule has 2 heteroatoms. The van der Waals surface area contributed by atoms with Gasteiger partial charge in [-0.1, -0.05) is 59.1 Å². The summed E-state index contributed by atoms with van der Waals surface area (Å²) in [7, 11) is 0. The van der Waals surface area contributed by atoms with Gasteiger partial charge in [0.2, 0.25) is 0 Å². The van der Waals surface area contributed by atoms with E-state index in [9.17, 15) is 0 Å². The molecule has 0 atom stereocenters. The highest BCUT2D eigenvalue weighted by molar-refractivity contribution is 6.36. The summed E-state index contributed by atoms with van der Waals surface area (Å²) in [6.07, 6.45) is 0.777. The standard InChI is InChI=1S/C14H12Cl2/c1-10-5-7-11(8-6-10)9-12-13(15)3-2-4-14(12)16/h2-8H,9H2,1H3. The van der Waals surface area contributed by atoms with Gasteiger partial charge >= 0.3 is 0 Å². The molecule has 0 saturated heterocycles. The fourth-order valence-electron chi connectivity index (χ4n) is 1.61. The highest BCUT2D eigenvalue weighted by Gasteiger charge is 2.05. The van der Waals surface area contributed by atoms with E-state index in [-0.39, 0.29) is 0 Å². The Morgan fingerprint density at radius 1 is 0.875 bits per heavy atom. The van der Waals surface area contributed by atoms with E-state index in [1.807, 2.05) is 18.2 Å². The second-order valence-corrected chi connectivity index (χ2v) is 4.68. The van der Waals surface area contributed by atoms with Gasteiger partial charge in [0.05, 0.1) is 0 Å². The first kappa shape index (κ1) is 11.5. The third-order valence-electron chi connectivity index (χ3n) is 2.56. The van der Waals surface area contributed by atoms with Crippen LogP contribution >= 0.6 is 23.2 Å². The Kier molecular flexibility index (Phi) is 3.52. The molecule has 2 aromatic rings. The van der Waals surface area contributed by atoms with Crippen LogP contribution in [0.5, 0.6) is 0 Å². The third kappa shape index (κ3) is 2.58. The van der Waals surface area contributed by atoms with Crippen molar-refractivity contribution in [3.8, 4) is 0 Å². The van der Waals surface area contributed by atoms with E-state index in [0.29, 0.717) is 0 Å².